The quantitative estimate of drug-likeness (QED) is 0.589. The van der Waals surface area contributed by atoms with E-state index in [4.69, 9.17) is 0 Å². The van der Waals surface area contributed by atoms with Crippen LogP contribution >= 0.6 is 0 Å². The van der Waals surface area contributed by atoms with Crippen molar-refractivity contribution in [2.45, 2.75) is 31.8 Å². The number of likely N-dealkylation sites (tertiary alicyclic amines) is 1. The Morgan fingerprint density at radius 2 is 2.00 bits per heavy atom. The largest absolute Gasteiger partial charge is 0.308 e. The molecule has 0 spiro atoms. The second kappa shape index (κ2) is 3.55. The Labute approximate surface area is 70.2 Å². The highest BCUT2D eigenvalue weighted by Crippen LogP contribution is 2.21. The van der Waals surface area contributed by atoms with Crippen molar-refractivity contribution in [2.75, 3.05) is 27.7 Å². The molecule has 0 amide bonds. The van der Waals surface area contributed by atoms with Crippen molar-refractivity contribution in [3.8, 4) is 0 Å². The highest BCUT2D eigenvalue weighted by atomic mass is 15.2. The SMILES string of the molecule is C[C@H]1CC[C@@H](CN(C)C)N1C. The Hall–Kier alpha value is -0.0800. The lowest BCUT2D eigenvalue weighted by Crippen LogP contribution is -2.37. The Balaban J connectivity index is 2.36. The predicted molar refractivity (Wildman–Crippen MR) is 48.8 cm³/mol. The average molecular weight is 156 g/mol. The third kappa shape index (κ3) is 2.17. The summed E-state index contributed by atoms with van der Waals surface area (Å²) in [5.41, 5.74) is 0. The van der Waals surface area contributed by atoms with E-state index in [2.05, 4.69) is 37.9 Å². The van der Waals surface area contributed by atoms with Gasteiger partial charge in [0.2, 0.25) is 0 Å². The maximum Gasteiger partial charge on any atom is 0.0223 e. The smallest absolute Gasteiger partial charge is 0.0223 e. The van der Waals surface area contributed by atoms with Crippen molar-refractivity contribution in [3.05, 3.63) is 0 Å². The lowest BCUT2D eigenvalue weighted by molar-refractivity contribution is 0.209. The Bertz CT molecular complexity index is 123. The summed E-state index contributed by atoms with van der Waals surface area (Å²) < 4.78 is 0. The van der Waals surface area contributed by atoms with Crippen LogP contribution in [0.2, 0.25) is 0 Å². The molecule has 0 aromatic heterocycles. The second-order valence-corrected chi connectivity index (χ2v) is 4.01. The Morgan fingerprint density at radius 3 is 2.36 bits per heavy atom. The molecule has 66 valence electrons. The lowest BCUT2D eigenvalue weighted by atomic mass is 10.2. The molecule has 1 rings (SSSR count). The second-order valence-electron chi connectivity index (χ2n) is 4.01. The van der Waals surface area contributed by atoms with E-state index in [1.54, 1.807) is 0 Å². The zero-order valence-electron chi connectivity index (χ0n) is 8.17. The first-order chi connectivity index (χ1) is 5.11. The van der Waals surface area contributed by atoms with E-state index in [0.29, 0.717) is 0 Å². The summed E-state index contributed by atoms with van der Waals surface area (Å²) in [6.07, 6.45) is 2.74. The van der Waals surface area contributed by atoms with E-state index in [1.165, 1.54) is 19.4 Å². The monoisotopic (exact) mass is 156 g/mol. The fourth-order valence-corrected chi connectivity index (χ4v) is 1.84. The van der Waals surface area contributed by atoms with Crippen LogP contribution in [0, 0.1) is 0 Å². The molecule has 0 aliphatic carbocycles. The summed E-state index contributed by atoms with van der Waals surface area (Å²) in [6.45, 7) is 3.52. The van der Waals surface area contributed by atoms with Crippen LogP contribution < -0.4 is 0 Å². The minimum absolute atomic E-state index is 0.792. The van der Waals surface area contributed by atoms with Crippen molar-refractivity contribution in [1.82, 2.24) is 9.80 Å². The van der Waals surface area contributed by atoms with Gasteiger partial charge >= 0.3 is 0 Å². The highest BCUT2D eigenvalue weighted by Gasteiger charge is 2.26. The molecule has 11 heavy (non-hydrogen) atoms. The number of rotatable bonds is 2. The molecule has 0 bridgehead atoms. The van der Waals surface area contributed by atoms with Crippen LogP contribution in [0.15, 0.2) is 0 Å². The van der Waals surface area contributed by atoms with Gasteiger partial charge in [-0.05, 0) is 40.9 Å². The van der Waals surface area contributed by atoms with E-state index >= 15 is 0 Å². The topological polar surface area (TPSA) is 6.48 Å². The normalized spacial score (nSPS) is 33.5. The molecule has 0 aromatic carbocycles. The van der Waals surface area contributed by atoms with Crippen molar-refractivity contribution >= 4 is 0 Å². The first-order valence-corrected chi connectivity index (χ1v) is 4.48. The molecule has 0 saturated carbocycles. The van der Waals surface area contributed by atoms with Crippen LogP contribution in [0.3, 0.4) is 0 Å². The van der Waals surface area contributed by atoms with Gasteiger partial charge in [-0.2, -0.15) is 0 Å². The predicted octanol–water partition coefficient (Wildman–Crippen LogP) is 1.03. The van der Waals surface area contributed by atoms with Gasteiger partial charge in [-0.3, -0.25) is 4.90 Å². The van der Waals surface area contributed by atoms with Crippen LogP contribution in [0.25, 0.3) is 0 Å². The summed E-state index contributed by atoms with van der Waals surface area (Å²) in [7, 11) is 6.54. The number of hydrogen-bond acceptors (Lipinski definition) is 2. The average Bonchev–Trinajstić information content (AvgIpc) is 2.18. The van der Waals surface area contributed by atoms with Gasteiger partial charge in [0.15, 0.2) is 0 Å². The first kappa shape index (κ1) is 9.01. The van der Waals surface area contributed by atoms with Crippen LogP contribution in [0.5, 0.6) is 0 Å². The van der Waals surface area contributed by atoms with Gasteiger partial charge in [0.05, 0.1) is 0 Å². The molecule has 1 aliphatic rings. The van der Waals surface area contributed by atoms with E-state index in [-0.39, 0.29) is 0 Å². The number of nitrogens with zero attached hydrogens (tertiary/aromatic N) is 2. The van der Waals surface area contributed by atoms with Crippen molar-refractivity contribution < 1.29 is 0 Å². The molecule has 1 aliphatic heterocycles. The standard InChI is InChI=1S/C9H20N2/c1-8-5-6-9(11(8)4)7-10(2)3/h8-9H,5-7H2,1-4H3/t8-,9-/m0/s1. The molecule has 1 heterocycles. The summed E-state index contributed by atoms with van der Waals surface area (Å²) in [6, 6.07) is 1.58. The van der Waals surface area contributed by atoms with Crippen LogP contribution in [0.4, 0.5) is 0 Å². The van der Waals surface area contributed by atoms with Gasteiger partial charge in [-0.1, -0.05) is 0 Å². The zero-order chi connectivity index (χ0) is 8.43. The van der Waals surface area contributed by atoms with Gasteiger partial charge in [-0.25, -0.2) is 0 Å². The van der Waals surface area contributed by atoms with Crippen LogP contribution in [-0.4, -0.2) is 49.6 Å². The Kier molecular flexibility index (Phi) is 2.90. The van der Waals surface area contributed by atoms with E-state index < -0.39 is 0 Å². The van der Waals surface area contributed by atoms with Gasteiger partial charge in [0.25, 0.3) is 0 Å². The van der Waals surface area contributed by atoms with E-state index in [0.717, 1.165) is 12.1 Å². The van der Waals surface area contributed by atoms with Gasteiger partial charge in [0.1, 0.15) is 0 Å². The van der Waals surface area contributed by atoms with E-state index in [9.17, 15) is 0 Å². The minimum Gasteiger partial charge on any atom is -0.308 e. The Morgan fingerprint density at radius 1 is 1.36 bits per heavy atom. The van der Waals surface area contributed by atoms with Gasteiger partial charge in [-0.15, -0.1) is 0 Å². The number of hydrogen-bond donors (Lipinski definition) is 0. The summed E-state index contributed by atoms with van der Waals surface area (Å²) in [4.78, 5) is 4.78. The molecule has 2 atom stereocenters. The van der Waals surface area contributed by atoms with Gasteiger partial charge < -0.3 is 4.90 Å². The summed E-state index contributed by atoms with van der Waals surface area (Å²) in [5, 5.41) is 0. The molecule has 0 unspecified atom stereocenters. The van der Waals surface area contributed by atoms with E-state index in [1.807, 2.05) is 0 Å². The molecular formula is C9H20N2. The molecule has 1 saturated heterocycles. The van der Waals surface area contributed by atoms with Crippen LogP contribution in [0.1, 0.15) is 19.8 Å². The van der Waals surface area contributed by atoms with Crippen molar-refractivity contribution in [3.63, 3.8) is 0 Å². The maximum atomic E-state index is 2.50. The van der Waals surface area contributed by atoms with Gasteiger partial charge in [0, 0.05) is 18.6 Å². The molecule has 2 nitrogen and oxygen atoms in total. The molecule has 0 N–H and O–H groups in total. The lowest BCUT2D eigenvalue weighted by Gasteiger charge is -2.25. The fourth-order valence-electron chi connectivity index (χ4n) is 1.84. The van der Waals surface area contributed by atoms with Crippen molar-refractivity contribution in [1.29, 1.82) is 0 Å². The van der Waals surface area contributed by atoms with Crippen molar-refractivity contribution in [2.24, 2.45) is 0 Å². The third-order valence-corrected chi connectivity index (χ3v) is 2.76. The molecule has 0 aromatic rings. The summed E-state index contributed by atoms with van der Waals surface area (Å²) >= 11 is 0. The minimum atomic E-state index is 0.792. The molecule has 2 heteroatoms. The number of likely N-dealkylation sites (N-methyl/N-ethyl adjacent to an activating group) is 2. The molecule has 0 radical (unpaired) electrons. The summed E-state index contributed by atoms with van der Waals surface area (Å²) in [5.74, 6) is 0. The molecular weight excluding hydrogens is 136 g/mol. The first-order valence-electron chi connectivity index (χ1n) is 4.48. The van der Waals surface area contributed by atoms with Crippen LogP contribution in [-0.2, 0) is 0 Å². The molecule has 1 fully saturated rings. The zero-order valence-corrected chi connectivity index (χ0v) is 8.17. The fraction of sp³-hybridized carbons (Fsp3) is 1.00. The maximum absolute atomic E-state index is 2.50. The highest BCUT2D eigenvalue weighted by molar-refractivity contribution is 4.83. The third-order valence-electron chi connectivity index (χ3n) is 2.76.